The Hall–Kier alpha value is -2.64. The van der Waals surface area contributed by atoms with E-state index in [0.29, 0.717) is 5.75 Å². The average molecular weight is 480 g/mol. The highest BCUT2D eigenvalue weighted by Crippen LogP contribution is 2.33. The Bertz CT molecular complexity index is 1010. The molecule has 1 amide bonds. The molecule has 0 spiro atoms. The molecule has 0 atom stereocenters. The Morgan fingerprint density at radius 2 is 1.72 bits per heavy atom. The Morgan fingerprint density at radius 3 is 2.28 bits per heavy atom. The maximum Gasteiger partial charge on any atom is 0.573 e. The number of nitrogens with one attached hydrogen (secondary N) is 1. The predicted molar refractivity (Wildman–Crippen MR) is 103 cm³/mol. The van der Waals surface area contributed by atoms with Crippen LogP contribution in [0.2, 0.25) is 0 Å². The van der Waals surface area contributed by atoms with Crippen molar-refractivity contribution >= 4 is 15.9 Å². The number of nitrogens with zero attached hydrogens (tertiary/aromatic N) is 1. The average Bonchev–Trinajstić information content (AvgIpc) is 2.74. The van der Waals surface area contributed by atoms with E-state index in [0.717, 1.165) is 16.4 Å². The first-order chi connectivity index (χ1) is 15.0. The maximum atomic E-state index is 14.1. The Morgan fingerprint density at radius 1 is 1.12 bits per heavy atom. The van der Waals surface area contributed by atoms with Gasteiger partial charge in [-0.2, -0.15) is 4.31 Å². The van der Waals surface area contributed by atoms with Crippen molar-refractivity contribution in [2.75, 3.05) is 13.1 Å². The Balaban J connectivity index is 1.63. The van der Waals surface area contributed by atoms with Crippen LogP contribution in [-0.4, -0.2) is 49.4 Å². The summed E-state index contributed by atoms with van der Waals surface area (Å²) in [6, 6.07) is 4.83. The number of hydrogen-bond acceptors (Lipinski definition) is 6. The first-order valence-electron chi connectivity index (χ1n) is 9.57. The minimum atomic E-state index is -4.80. The summed E-state index contributed by atoms with van der Waals surface area (Å²) < 4.78 is 87.4. The lowest BCUT2D eigenvalue weighted by atomic mass is 10.1. The number of carbonyl (C=O) groups excluding carboxylic acids is 1. The summed E-state index contributed by atoms with van der Waals surface area (Å²) in [6.45, 7) is 0.0461. The molecule has 1 fully saturated rings. The number of piperidine rings is 1. The third kappa shape index (κ3) is 5.58. The molecule has 32 heavy (non-hydrogen) atoms. The third-order valence-electron chi connectivity index (χ3n) is 4.92. The Labute approximate surface area is 181 Å². The van der Waals surface area contributed by atoms with Gasteiger partial charge in [0.2, 0.25) is 10.0 Å². The van der Waals surface area contributed by atoms with Crippen molar-refractivity contribution in [3.05, 3.63) is 46.6 Å². The van der Waals surface area contributed by atoms with Crippen LogP contribution in [0.4, 0.5) is 17.6 Å². The van der Waals surface area contributed by atoms with E-state index in [-0.39, 0.29) is 38.8 Å². The molecule has 3 rings (SSSR count). The van der Waals surface area contributed by atoms with Gasteiger partial charge in [-0.1, -0.05) is 6.08 Å². The molecular weight excluding hydrogens is 460 g/mol. The molecule has 1 aromatic carbocycles. The largest absolute Gasteiger partial charge is 0.573 e. The second-order valence-electron chi connectivity index (χ2n) is 7.07. The molecule has 1 aliphatic carbocycles. The fourth-order valence-corrected chi connectivity index (χ4v) is 5.22. The summed E-state index contributed by atoms with van der Waals surface area (Å²) in [5.74, 6) is -2.26. The Kier molecular flexibility index (Phi) is 7.10. The van der Waals surface area contributed by atoms with Crippen molar-refractivity contribution in [2.24, 2.45) is 0 Å². The molecule has 0 saturated carbocycles. The molecule has 8 nitrogen and oxygen atoms in total. The van der Waals surface area contributed by atoms with Crippen LogP contribution in [0, 0.1) is 0 Å². The number of ether oxygens (including phenoxy) is 2. The van der Waals surface area contributed by atoms with Crippen molar-refractivity contribution in [1.29, 1.82) is 0 Å². The van der Waals surface area contributed by atoms with Gasteiger partial charge in [-0.15, -0.1) is 13.2 Å². The van der Waals surface area contributed by atoms with Gasteiger partial charge in [0.05, 0.1) is 10.5 Å². The van der Waals surface area contributed by atoms with Crippen LogP contribution < -0.4 is 15.0 Å². The molecular formula is C19H20F4N2O6S. The number of hydrogen-bond donors (Lipinski definition) is 2. The number of sulfonamides is 1. The van der Waals surface area contributed by atoms with Gasteiger partial charge in [0, 0.05) is 19.5 Å². The van der Waals surface area contributed by atoms with E-state index in [2.05, 4.69) is 4.74 Å². The normalized spacial score (nSPS) is 18.8. The molecule has 1 saturated heterocycles. The van der Waals surface area contributed by atoms with Crippen molar-refractivity contribution in [3.63, 3.8) is 0 Å². The molecule has 0 aromatic heterocycles. The molecule has 13 heteroatoms. The van der Waals surface area contributed by atoms with E-state index in [1.807, 2.05) is 0 Å². The number of allylic oxidation sites excluding steroid dienone is 2. The molecule has 0 radical (unpaired) electrons. The second kappa shape index (κ2) is 9.46. The van der Waals surface area contributed by atoms with Crippen LogP contribution in [0.15, 0.2) is 46.6 Å². The van der Waals surface area contributed by atoms with E-state index in [1.165, 1.54) is 23.7 Å². The van der Waals surface area contributed by atoms with Crippen LogP contribution in [0.3, 0.4) is 0 Å². The molecule has 0 unspecified atom stereocenters. The molecule has 1 heterocycles. The summed E-state index contributed by atoms with van der Waals surface area (Å²) in [4.78, 5) is 11.3. The molecule has 2 aliphatic rings. The number of hydroxylamine groups is 1. The van der Waals surface area contributed by atoms with E-state index in [9.17, 15) is 30.8 Å². The fourth-order valence-electron chi connectivity index (χ4n) is 3.46. The fraction of sp³-hybridized carbons (Fsp3) is 0.421. The number of amides is 1. The van der Waals surface area contributed by atoms with E-state index in [1.54, 1.807) is 0 Å². The molecule has 2 N–H and O–H groups in total. The maximum absolute atomic E-state index is 14.1. The summed E-state index contributed by atoms with van der Waals surface area (Å²) in [7, 11) is -4.20. The minimum absolute atomic E-state index is 0.0231. The number of halogens is 4. The standard InChI is InChI=1S/C19H20F4N2O6S/c20-15-2-1-3-16(17(15)18(26)24-27)32(28,29)25-10-8-13(9-11-25)30-12-4-6-14(7-5-12)31-19(21,22)23/h3-7,13,27H,1-2,8-11H2,(H,24,26). The number of rotatable bonds is 6. The van der Waals surface area contributed by atoms with Crippen LogP contribution >= 0.6 is 0 Å². The lowest BCUT2D eigenvalue weighted by molar-refractivity contribution is -0.274. The topological polar surface area (TPSA) is 105 Å². The number of carbonyl (C=O) groups is 1. The number of benzene rings is 1. The lowest BCUT2D eigenvalue weighted by Gasteiger charge is -2.32. The quantitative estimate of drug-likeness (QED) is 0.368. The SMILES string of the molecule is O=C(NO)C1=C(F)CCC=C1S(=O)(=O)N1CCC(Oc2ccc(OC(F)(F)F)cc2)CC1. The number of alkyl halides is 3. The highest BCUT2D eigenvalue weighted by molar-refractivity contribution is 7.93. The lowest BCUT2D eigenvalue weighted by Crippen LogP contribution is -2.43. The van der Waals surface area contributed by atoms with Crippen LogP contribution in [0.5, 0.6) is 11.5 Å². The van der Waals surface area contributed by atoms with Gasteiger partial charge in [0.1, 0.15) is 23.4 Å². The minimum Gasteiger partial charge on any atom is -0.490 e. The zero-order valence-electron chi connectivity index (χ0n) is 16.6. The monoisotopic (exact) mass is 480 g/mol. The predicted octanol–water partition coefficient (Wildman–Crippen LogP) is 3.16. The molecule has 1 aliphatic heterocycles. The van der Waals surface area contributed by atoms with Crippen molar-refractivity contribution < 1.29 is 45.5 Å². The van der Waals surface area contributed by atoms with Crippen LogP contribution in [0.1, 0.15) is 25.7 Å². The van der Waals surface area contributed by atoms with Gasteiger partial charge in [-0.05, 0) is 43.5 Å². The van der Waals surface area contributed by atoms with Crippen molar-refractivity contribution in [2.45, 2.75) is 38.1 Å². The first-order valence-corrected chi connectivity index (χ1v) is 11.0. The van der Waals surface area contributed by atoms with Gasteiger partial charge in [-0.25, -0.2) is 18.3 Å². The molecule has 0 bridgehead atoms. The second-order valence-corrected chi connectivity index (χ2v) is 8.97. The summed E-state index contributed by atoms with van der Waals surface area (Å²) in [6.07, 6.45) is -3.48. The first kappa shape index (κ1) is 24.0. The van der Waals surface area contributed by atoms with E-state index < -0.39 is 50.5 Å². The van der Waals surface area contributed by atoms with Gasteiger partial charge >= 0.3 is 6.36 Å². The highest BCUT2D eigenvalue weighted by atomic mass is 32.2. The molecule has 1 aromatic rings. The van der Waals surface area contributed by atoms with Crippen LogP contribution in [-0.2, 0) is 14.8 Å². The van der Waals surface area contributed by atoms with Gasteiger partial charge < -0.3 is 9.47 Å². The van der Waals surface area contributed by atoms with E-state index in [4.69, 9.17) is 9.94 Å². The highest BCUT2D eigenvalue weighted by Gasteiger charge is 2.37. The van der Waals surface area contributed by atoms with Gasteiger partial charge in [0.15, 0.2) is 0 Å². The van der Waals surface area contributed by atoms with Crippen molar-refractivity contribution in [3.8, 4) is 11.5 Å². The van der Waals surface area contributed by atoms with Crippen LogP contribution in [0.25, 0.3) is 0 Å². The zero-order valence-corrected chi connectivity index (χ0v) is 17.4. The molecule has 176 valence electrons. The summed E-state index contributed by atoms with van der Waals surface area (Å²) in [5, 5.41) is 8.83. The smallest absolute Gasteiger partial charge is 0.490 e. The van der Waals surface area contributed by atoms with E-state index >= 15 is 0 Å². The third-order valence-corrected chi connectivity index (χ3v) is 6.89. The summed E-state index contributed by atoms with van der Waals surface area (Å²) >= 11 is 0. The summed E-state index contributed by atoms with van der Waals surface area (Å²) in [5.41, 5.74) is 0.559. The zero-order chi connectivity index (χ0) is 23.5. The van der Waals surface area contributed by atoms with Crippen molar-refractivity contribution in [1.82, 2.24) is 9.79 Å². The van der Waals surface area contributed by atoms with Gasteiger partial charge in [-0.3, -0.25) is 10.0 Å². The van der Waals surface area contributed by atoms with Gasteiger partial charge in [0.25, 0.3) is 5.91 Å².